The smallest absolute Gasteiger partial charge is 0.251 e. The standard InChI is InChI=1S/C10H15BrN2O2S2/c1-7-6-12-4-2-9(7)13-17(14,15)10-8(11)3-5-16-10/h3,5,7,9,12-13H,2,4,6H2,1H3. The predicted molar refractivity (Wildman–Crippen MR) is 72.8 cm³/mol. The van der Waals surface area contributed by atoms with Gasteiger partial charge in [-0.25, -0.2) is 13.1 Å². The SMILES string of the molecule is CC1CNCCC1NS(=O)(=O)c1sccc1Br. The molecule has 2 heterocycles. The molecule has 1 aliphatic rings. The summed E-state index contributed by atoms with van der Waals surface area (Å²) in [4.78, 5) is 0. The van der Waals surface area contributed by atoms with E-state index in [1.54, 1.807) is 11.4 Å². The van der Waals surface area contributed by atoms with Gasteiger partial charge >= 0.3 is 0 Å². The van der Waals surface area contributed by atoms with Crippen molar-refractivity contribution in [2.75, 3.05) is 13.1 Å². The normalized spacial score (nSPS) is 26.0. The molecule has 0 spiro atoms. The molecule has 2 unspecified atom stereocenters. The van der Waals surface area contributed by atoms with Gasteiger partial charge in [0.25, 0.3) is 10.0 Å². The molecule has 4 nitrogen and oxygen atoms in total. The average Bonchev–Trinajstić information content (AvgIpc) is 2.68. The lowest BCUT2D eigenvalue weighted by Gasteiger charge is -2.29. The zero-order chi connectivity index (χ0) is 12.5. The second kappa shape index (κ2) is 5.36. The first-order chi connectivity index (χ1) is 8.00. The van der Waals surface area contributed by atoms with E-state index in [0.29, 0.717) is 14.6 Å². The molecular weight excluding hydrogens is 324 g/mol. The molecule has 1 aliphatic heterocycles. The van der Waals surface area contributed by atoms with Crippen molar-refractivity contribution in [1.29, 1.82) is 0 Å². The van der Waals surface area contributed by atoms with Crippen molar-refractivity contribution >= 4 is 37.3 Å². The van der Waals surface area contributed by atoms with E-state index in [1.165, 1.54) is 11.3 Å². The van der Waals surface area contributed by atoms with Crippen LogP contribution in [0.3, 0.4) is 0 Å². The summed E-state index contributed by atoms with van der Waals surface area (Å²) in [5, 5.41) is 5.02. The zero-order valence-corrected chi connectivity index (χ0v) is 12.7. The minimum Gasteiger partial charge on any atom is -0.316 e. The lowest BCUT2D eigenvalue weighted by atomic mass is 9.97. The highest BCUT2D eigenvalue weighted by Crippen LogP contribution is 2.28. The van der Waals surface area contributed by atoms with Crippen molar-refractivity contribution in [3.63, 3.8) is 0 Å². The minimum absolute atomic E-state index is 0.0234. The summed E-state index contributed by atoms with van der Waals surface area (Å²) in [5.74, 6) is 0.317. The van der Waals surface area contributed by atoms with Crippen molar-refractivity contribution in [2.24, 2.45) is 5.92 Å². The van der Waals surface area contributed by atoms with Crippen LogP contribution in [-0.2, 0) is 10.0 Å². The largest absolute Gasteiger partial charge is 0.316 e. The third kappa shape index (κ3) is 3.08. The Morgan fingerprint density at radius 2 is 2.35 bits per heavy atom. The van der Waals surface area contributed by atoms with Gasteiger partial charge in [-0.2, -0.15) is 0 Å². The number of halogens is 1. The summed E-state index contributed by atoms with van der Waals surface area (Å²) in [6.45, 7) is 3.78. The highest BCUT2D eigenvalue weighted by atomic mass is 79.9. The summed E-state index contributed by atoms with van der Waals surface area (Å²) in [5.41, 5.74) is 0. The van der Waals surface area contributed by atoms with Gasteiger partial charge in [0.15, 0.2) is 0 Å². The number of piperidine rings is 1. The van der Waals surface area contributed by atoms with Gasteiger partial charge in [-0.1, -0.05) is 6.92 Å². The van der Waals surface area contributed by atoms with Crippen LogP contribution >= 0.6 is 27.3 Å². The fourth-order valence-corrected chi connectivity index (χ4v) is 5.65. The van der Waals surface area contributed by atoms with E-state index in [2.05, 4.69) is 32.9 Å². The van der Waals surface area contributed by atoms with E-state index in [9.17, 15) is 8.42 Å². The molecule has 0 aromatic carbocycles. The monoisotopic (exact) mass is 338 g/mol. The Hall–Kier alpha value is 0.0500. The topological polar surface area (TPSA) is 58.2 Å². The Kier molecular flexibility index (Phi) is 4.25. The van der Waals surface area contributed by atoms with E-state index in [1.807, 2.05) is 0 Å². The van der Waals surface area contributed by atoms with Crippen LogP contribution in [0.2, 0.25) is 0 Å². The fourth-order valence-electron chi connectivity index (χ4n) is 1.91. The summed E-state index contributed by atoms with van der Waals surface area (Å²) in [6.07, 6.45) is 0.837. The first-order valence-corrected chi connectivity index (χ1v) is 8.62. The molecule has 0 saturated carbocycles. The van der Waals surface area contributed by atoms with Crippen LogP contribution in [0.4, 0.5) is 0 Å². The van der Waals surface area contributed by atoms with Crippen LogP contribution in [0, 0.1) is 5.92 Å². The van der Waals surface area contributed by atoms with Crippen molar-refractivity contribution in [2.45, 2.75) is 23.6 Å². The van der Waals surface area contributed by atoms with Gasteiger partial charge in [-0.05, 0) is 52.8 Å². The van der Waals surface area contributed by atoms with Crippen molar-refractivity contribution in [3.05, 3.63) is 15.9 Å². The third-order valence-electron chi connectivity index (χ3n) is 2.92. The molecule has 1 aromatic heterocycles. The highest BCUT2D eigenvalue weighted by molar-refractivity contribution is 9.10. The van der Waals surface area contributed by atoms with Crippen LogP contribution in [0.25, 0.3) is 0 Å². The zero-order valence-electron chi connectivity index (χ0n) is 9.44. The maximum absolute atomic E-state index is 12.2. The van der Waals surface area contributed by atoms with E-state index in [0.717, 1.165) is 19.5 Å². The first kappa shape index (κ1) is 13.5. The van der Waals surface area contributed by atoms with Crippen LogP contribution in [0.5, 0.6) is 0 Å². The minimum atomic E-state index is -3.39. The quantitative estimate of drug-likeness (QED) is 0.883. The molecule has 0 amide bonds. The maximum Gasteiger partial charge on any atom is 0.251 e. The van der Waals surface area contributed by atoms with E-state index in [-0.39, 0.29) is 6.04 Å². The number of hydrogen-bond acceptors (Lipinski definition) is 4. The molecule has 0 bridgehead atoms. The van der Waals surface area contributed by atoms with Gasteiger partial charge in [0.1, 0.15) is 4.21 Å². The van der Waals surface area contributed by atoms with E-state index < -0.39 is 10.0 Å². The number of hydrogen-bond donors (Lipinski definition) is 2. The number of rotatable bonds is 3. The van der Waals surface area contributed by atoms with Gasteiger partial charge in [0, 0.05) is 10.5 Å². The van der Waals surface area contributed by atoms with Crippen molar-refractivity contribution in [1.82, 2.24) is 10.0 Å². The molecule has 1 fully saturated rings. The average molecular weight is 339 g/mol. The van der Waals surface area contributed by atoms with E-state index in [4.69, 9.17) is 0 Å². The third-order valence-corrected chi connectivity index (χ3v) is 7.08. The van der Waals surface area contributed by atoms with Crippen LogP contribution in [-0.4, -0.2) is 27.5 Å². The number of sulfonamides is 1. The van der Waals surface area contributed by atoms with Gasteiger partial charge in [-0.15, -0.1) is 11.3 Å². The lowest BCUT2D eigenvalue weighted by Crippen LogP contribution is -2.48. The second-order valence-electron chi connectivity index (χ2n) is 4.25. The van der Waals surface area contributed by atoms with Gasteiger partial charge in [0.05, 0.1) is 0 Å². The Bertz CT molecular complexity index is 486. The maximum atomic E-state index is 12.2. The molecule has 2 N–H and O–H groups in total. The number of nitrogens with one attached hydrogen (secondary N) is 2. The Morgan fingerprint density at radius 3 is 2.94 bits per heavy atom. The Morgan fingerprint density at radius 1 is 1.59 bits per heavy atom. The molecule has 1 aromatic rings. The van der Waals surface area contributed by atoms with Gasteiger partial charge in [-0.3, -0.25) is 0 Å². The molecule has 7 heteroatoms. The van der Waals surface area contributed by atoms with Crippen LogP contribution < -0.4 is 10.0 Å². The molecule has 0 radical (unpaired) electrons. The van der Waals surface area contributed by atoms with Crippen molar-refractivity contribution < 1.29 is 8.42 Å². The summed E-state index contributed by atoms with van der Waals surface area (Å²) < 4.78 is 28.2. The summed E-state index contributed by atoms with van der Waals surface area (Å²) >= 11 is 4.49. The van der Waals surface area contributed by atoms with Crippen LogP contribution in [0.15, 0.2) is 20.1 Å². The van der Waals surface area contributed by atoms with Gasteiger partial charge < -0.3 is 5.32 Å². The molecule has 0 aliphatic carbocycles. The first-order valence-electron chi connectivity index (χ1n) is 5.47. The molecule has 2 atom stereocenters. The molecule has 1 saturated heterocycles. The molecular formula is C10H15BrN2O2S2. The Labute approximate surface area is 114 Å². The van der Waals surface area contributed by atoms with Crippen molar-refractivity contribution in [3.8, 4) is 0 Å². The molecule has 96 valence electrons. The number of thiophene rings is 1. The lowest BCUT2D eigenvalue weighted by molar-refractivity contribution is 0.328. The van der Waals surface area contributed by atoms with Gasteiger partial charge in [0.2, 0.25) is 0 Å². The van der Waals surface area contributed by atoms with Crippen LogP contribution in [0.1, 0.15) is 13.3 Å². The summed E-state index contributed by atoms with van der Waals surface area (Å²) in [6, 6.07) is 1.78. The van der Waals surface area contributed by atoms with E-state index >= 15 is 0 Å². The molecule has 17 heavy (non-hydrogen) atoms. The fraction of sp³-hybridized carbons (Fsp3) is 0.600. The highest BCUT2D eigenvalue weighted by Gasteiger charge is 2.28. The Balaban J connectivity index is 2.15. The predicted octanol–water partition coefficient (Wildman–Crippen LogP) is 1.79. The summed E-state index contributed by atoms with van der Waals surface area (Å²) in [7, 11) is -3.39. The second-order valence-corrected chi connectivity index (χ2v) is 7.93. The molecule has 2 rings (SSSR count).